The third-order valence-electron chi connectivity index (χ3n) is 3.94. The van der Waals surface area contributed by atoms with Crippen molar-refractivity contribution in [2.75, 3.05) is 6.26 Å². The van der Waals surface area contributed by atoms with E-state index in [1.54, 1.807) is 11.8 Å². The van der Waals surface area contributed by atoms with E-state index in [0.717, 1.165) is 12.5 Å². The van der Waals surface area contributed by atoms with Crippen LogP contribution in [0.25, 0.3) is 0 Å². The monoisotopic (exact) mass is 283 g/mol. The van der Waals surface area contributed by atoms with Crippen LogP contribution in [0.5, 0.6) is 0 Å². The minimum Gasteiger partial charge on any atom is -0.306 e. The molecule has 2 heteroatoms. The fourth-order valence-corrected chi connectivity index (χ4v) is 3.03. The molecule has 1 saturated carbocycles. The molecule has 0 radical (unpaired) electrons. The average molecular weight is 283 g/mol. The highest BCUT2D eigenvalue weighted by Crippen LogP contribution is 2.41. The van der Waals surface area contributed by atoms with Crippen LogP contribution in [0.3, 0.4) is 0 Å². The van der Waals surface area contributed by atoms with Crippen LogP contribution in [0.15, 0.2) is 59.5 Å². The third-order valence-corrected chi connectivity index (χ3v) is 4.68. The highest BCUT2D eigenvalue weighted by atomic mass is 32.2. The van der Waals surface area contributed by atoms with E-state index in [4.69, 9.17) is 0 Å². The van der Waals surface area contributed by atoms with E-state index in [1.807, 2.05) is 0 Å². The summed E-state index contributed by atoms with van der Waals surface area (Å²) in [4.78, 5) is 1.33. The maximum absolute atomic E-state index is 3.74. The van der Waals surface area contributed by atoms with Crippen molar-refractivity contribution in [1.82, 2.24) is 5.32 Å². The van der Waals surface area contributed by atoms with E-state index >= 15 is 0 Å². The zero-order chi connectivity index (χ0) is 13.8. The third kappa shape index (κ3) is 3.44. The molecule has 1 N–H and O–H groups in total. The van der Waals surface area contributed by atoms with Gasteiger partial charge in [0, 0.05) is 17.5 Å². The summed E-state index contributed by atoms with van der Waals surface area (Å²) in [5.41, 5.74) is 2.79. The van der Waals surface area contributed by atoms with E-state index in [9.17, 15) is 0 Å². The van der Waals surface area contributed by atoms with Crippen LogP contribution in [-0.4, -0.2) is 6.26 Å². The molecule has 0 heterocycles. The first kappa shape index (κ1) is 13.7. The zero-order valence-electron chi connectivity index (χ0n) is 11.9. The quantitative estimate of drug-likeness (QED) is 0.774. The van der Waals surface area contributed by atoms with E-state index < -0.39 is 0 Å². The van der Waals surface area contributed by atoms with Gasteiger partial charge in [0.2, 0.25) is 0 Å². The lowest BCUT2D eigenvalue weighted by Crippen LogP contribution is -2.22. The topological polar surface area (TPSA) is 12.0 Å². The highest BCUT2D eigenvalue weighted by Gasteiger charge is 2.31. The second-order valence-electron chi connectivity index (χ2n) is 5.45. The highest BCUT2D eigenvalue weighted by molar-refractivity contribution is 7.98. The van der Waals surface area contributed by atoms with Gasteiger partial charge in [-0.05, 0) is 48.3 Å². The Bertz CT molecular complexity index is 531. The Labute approximate surface area is 125 Å². The summed E-state index contributed by atoms with van der Waals surface area (Å²) >= 11 is 1.79. The van der Waals surface area contributed by atoms with Gasteiger partial charge in [-0.25, -0.2) is 0 Å². The van der Waals surface area contributed by atoms with Crippen LogP contribution < -0.4 is 5.32 Å². The van der Waals surface area contributed by atoms with Crippen molar-refractivity contribution in [2.45, 2.75) is 30.3 Å². The molecule has 0 bridgehead atoms. The normalized spacial score (nSPS) is 16.1. The van der Waals surface area contributed by atoms with Crippen LogP contribution in [0.1, 0.15) is 30.0 Å². The molecule has 2 aromatic rings. The SMILES string of the molecule is CSc1ccc(CNC(c2ccccc2)C2CC2)cc1. The first-order valence-corrected chi connectivity index (χ1v) is 8.50. The Morgan fingerprint density at radius 1 is 1.05 bits per heavy atom. The molecule has 0 saturated heterocycles. The van der Waals surface area contributed by atoms with Gasteiger partial charge >= 0.3 is 0 Å². The van der Waals surface area contributed by atoms with E-state index in [1.165, 1.54) is 28.9 Å². The summed E-state index contributed by atoms with van der Waals surface area (Å²) < 4.78 is 0. The fraction of sp³-hybridized carbons (Fsp3) is 0.333. The molecule has 0 aliphatic heterocycles. The molecule has 0 aromatic heterocycles. The Morgan fingerprint density at radius 3 is 2.35 bits per heavy atom. The Morgan fingerprint density at radius 2 is 1.75 bits per heavy atom. The molecule has 0 spiro atoms. The van der Waals surface area contributed by atoms with Crippen LogP contribution in [0, 0.1) is 5.92 Å². The molecule has 1 aliphatic carbocycles. The van der Waals surface area contributed by atoms with Gasteiger partial charge in [-0.1, -0.05) is 42.5 Å². The second kappa shape index (κ2) is 6.47. The molecular formula is C18H21NS. The number of thioether (sulfide) groups is 1. The molecule has 3 rings (SSSR count). The molecule has 2 aromatic carbocycles. The second-order valence-corrected chi connectivity index (χ2v) is 6.33. The first-order valence-electron chi connectivity index (χ1n) is 7.28. The van der Waals surface area contributed by atoms with Gasteiger partial charge in [0.05, 0.1) is 0 Å². The lowest BCUT2D eigenvalue weighted by molar-refractivity contribution is 0.480. The van der Waals surface area contributed by atoms with Crippen molar-refractivity contribution in [3.8, 4) is 0 Å². The number of hydrogen-bond acceptors (Lipinski definition) is 2. The van der Waals surface area contributed by atoms with Gasteiger partial charge in [0.1, 0.15) is 0 Å². The van der Waals surface area contributed by atoms with Gasteiger partial charge < -0.3 is 5.32 Å². The lowest BCUT2D eigenvalue weighted by atomic mass is 10.0. The van der Waals surface area contributed by atoms with Crippen molar-refractivity contribution >= 4 is 11.8 Å². The molecule has 1 atom stereocenters. The van der Waals surface area contributed by atoms with Gasteiger partial charge in [0.25, 0.3) is 0 Å². The molecular weight excluding hydrogens is 262 g/mol. The molecule has 1 aliphatic rings. The van der Waals surface area contributed by atoms with E-state index in [-0.39, 0.29) is 0 Å². The summed E-state index contributed by atoms with van der Waals surface area (Å²) in [6, 6.07) is 20.2. The Kier molecular flexibility index (Phi) is 4.44. The van der Waals surface area contributed by atoms with Gasteiger partial charge in [-0.2, -0.15) is 0 Å². The van der Waals surface area contributed by atoms with E-state index in [0.29, 0.717) is 6.04 Å². The summed E-state index contributed by atoms with van der Waals surface area (Å²) in [5.74, 6) is 0.822. The number of rotatable bonds is 6. The molecule has 0 amide bonds. The fourth-order valence-electron chi connectivity index (χ4n) is 2.62. The maximum atomic E-state index is 3.74. The molecule has 1 fully saturated rings. The Hall–Kier alpha value is -1.25. The van der Waals surface area contributed by atoms with Crippen LogP contribution in [0.2, 0.25) is 0 Å². The van der Waals surface area contributed by atoms with Gasteiger partial charge in [-0.15, -0.1) is 11.8 Å². The largest absolute Gasteiger partial charge is 0.306 e. The molecule has 1 unspecified atom stereocenters. The van der Waals surface area contributed by atoms with Gasteiger partial charge in [0.15, 0.2) is 0 Å². The van der Waals surface area contributed by atoms with Crippen LogP contribution in [-0.2, 0) is 6.54 Å². The smallest absolute Gasteiger partial charge is 0.0351 e. The van der Waals surface area contributed by atoms with Crippen molar-refractivity contribution in [1.29, 1.82) is 0 Å². The van der Waals surface area contributed by atoms with Crippen molar-refractivity contribution in [3.05, 3.63) is 65.7 Å². The first-order chi connectivity index (χ1) is 9.86. The summed E-state index contributed by atoms with van der Waals surface area (Å²) in [6.07, 6.45) is 4.84. The van der Waals surface area contributed by atoms with Crippen LogP contribution in [0.4, 0.5) is 0 Å². The number of nitrogens with one attached hydrogen (secondary N) is 1. The minimum absolute atomic E-state index is 0.511. The number of benzene rings is 2. The van der Waals surface area contributed by atoms with E-state index in [2.05, 4.69) is 66.2 Å². The minimum atomic E-state index is 0.511. The Balaban J connectivity index is 1.65. The molecule has 20 heavy (non-hydrogen) atoms. The van der Waals surface area contributed by atoms with Crippen molar-refractivity contribution in [3.63, 3.8) is 0 Å². The average Bonchev–Trinajstić information content (AvgIpc) is 3.34. The summed E-state index contributed by atoms with van der Waals surface area (Å²) in [7, 11) is 0. The maximum Gasteiger partial charge on any atom is 0.0351 e. The number of hydrogen-bond donors (Lipinski definition) is 1. The van der Waals surface area contributed by atoms with Crippen LogP contribution >= 0.6 is 11.8 Å². The standard InChI is InChI=1S/C18H21NS/c1-20-17-11-7-14(8-12-17)13-19-18(16-9-10-16)15-5-3-2-4-6-15/h2-8,11-12,16,18-19H,9-10,13H2,1H3. The lowest BCUT2D eigenvalue weighted by Gasteiger charge is -2.19. The zero-order valence-corrected chi connectivity index (χ0v) is 12.7. The summed E-state index contributed by atoms with van der Waals surface area (Å²) in [5, 5.41) is 3.74. The van der Waals surface area contributed by atoms with Crippen molar-refractivity contribution in [2.24, 2.45) is 5.92 Å². The predicted octanol–water partition coefficient (Wildman–Crippen LogP) is 4.65. The predicted molar refractivity (Wildman–Crippen MR) is 87.0 cm³/mol. The summed E-state index contributed by atoms with van der Waals surface area (Å²) in [6.45, 7) is 0.949. The molecule has 104 valence electrons. The molecule has 1 nitrogen and oxygen atoms in total. The van der Waals surface area contributed by atoms with Gasteiger partial charge in [-0.3, -0.25) is 0 Å². The van der Waals surface area contributed by atoms with Crippen molar-refractivity contribution < 1.29 is 0 Å².